The summed E-state index contributed by atoms with van der Waals surface area (Å²) in [4.78, 5) is 15.8. The van der Waals surface area contributed by atoms with Crippen molar-refractivity contribution in [3.8, 4) is 0 Å². The average Bonchev–Trinajstić information content (AvgIpc) is 3.10. The van der Waals surface area contributed by atoms with Crippen LogP contribution in [0.3, 0.4) is 0 Å². The fraction of sp³-hybridized carbons (Fsp3) is 0.893. The minimum absolute atomic E-state index is 0.103. The Hall–Kier alpha value is -0.670. The van der Waals surface area contributed by atoms with Crippen LogP contribution >= 0.6 is 0 Å². The summed E-state index contributed by atoms with van der Waals surface area (Å²) in [5.41, 5.74) is 3.57. The molecule has 174 valence electrons. The van der Waals surface area contributed by atoms with Crippen molar-refractivity contribution in [3.05, 3.63) is 11.1 Å². The monoisotopic (exact) mass is 427 g/mol. The molecule has 4 aliphatic carbocycles. The topological polar surface area (TPSA) is 40.5 Å². The zero-order valence-electron chi connectivity index (χ0n) is 20.6. The van der Waals surface area contributed by atoms with Gasteiger partial charge in [0, 0.05) is 24.9 Å². The van der Waals surface area contributed by atoms with Crippen molar-refractivity contribution in [2.24, 2.45) is 46.8 Å². The lowest BCUT2D eigenvalue weighted by atomic mass is 9.51. The van der Waals surface area contributed by atoms with Crippen LogP contribution in [-0.2, 0) is 4.79 Å². The number of aliphatic hydroxyl groups is 1. The second-order valence-electron chi connectivity index (χ2n) is 12.7. The molecule has 3 heteroatoms. The third-order valence-corrected chi connectivity index (χ3v) is 11.1. The molecule has 1 saturated heterocycles. The van der Waals surface area contributed by atoms with Crippen molar-refractivity contribution in [2.75, 3.05) is 13.6 Å². The first kappa shape index (κ1) is 22.1. The van der Waals surface area contributed by atoms with E-state index in [0.29, 0.717) is 30.0 Å². The van der Waals surface area contributed by atoms with Gasteiger partial charge in [0.05, 0.1) is 6.10 Å². The summed E-state index contributed by atoms with van der Waals surface area (Å²) < 4.78 is 0. The second kappa shape index (κ2) is 7.97. The Kier molecular flexibility index (Phi) is 5.70. The number of fused-ring (bicyclic) bond motifs is 5. The predicted molar refractivity (Wildman–Crippen MR) is 126 cm³/mol. The highest BCUT2D eigenvalue weighted by atomic mass is 16.3. The number of rotatable bonds is 2. The van der Waals surface area contributed by atoms with Crippen LogP contribution in [0, 0.1) is 46.8 Å². The molecule has 0 radical (unpaired) electrons. The van der Waals surface area contributed by atoms with Crippen molar-refractivity contribution in [2.45, 2.75) is 97.6 Å². The van der Waals surface area contributed by atoms with Gasteiger partial charge in [0.25, 0.3) is 0 Å². The number of piperidine rings is 1. The summed E-state index contributed by atoms with van der Waals surface area (Å²) in [6.07, 6.45) is 9.74. The van der Waals surface area contributed by atoms with Gasteiger partial charge in [-0.3, -0.25) is 4.79 Å². The number of allylic oxidation sites excluding steroid dienone is 2. The molecule has 0 aromatic heterocycles. The van der Waals surface area contributed by atoms with Gasteiger partial charge in [0.2, 0.25) is 0 Å². The molecule has 1 heterocycles. The van der Waals surface area contributed by atoms with Crippen molar-refractivity contribution < 1.29 is 9.90 Å². The predicted octanol–water partition coefficient (Wildman–Crippen LogP) is 5.47. The van der Waals surface area contributed by atoms with Crippen LogP contribution < -0.4 is 0 Å². The van der Waals surface area contributed by atoms with E-state index in [9.17, 15) is 9.90 Å². The molecule has 0 amide bonds. The fourth-order valence-electron chi connectivity index (χ4n) is 9.35. The molecule has 0 bridgehead atoms. The van der Waals surface area contributed by atoms with Gasteiger partial charge in [-0.25, -0.2) is 0 Å². The number of hydrogen-bond acceptors (Lipinski definition) is 3. The molecule has 4 fully saturated rings. The largest absolute Gasteiger partial charge is 0.393 e. The maximum Gasteiger partial charge on any atom is 0.136 e. The summed E-state index contributed by atoms with van der Waals surface area (Å²) in [6, 6.07) is 0.722. The SMILES string of the molecule is CC1=C2C[C@H]3[C@@H](CC(=O)C4C[C@@H](O)CC[C@@]43C)[C@@H]2CCC1C(C)C1CCC(C)CN1C. The molecule has 3 nitrogen and oxygen atoms in total. The first-order chi connectivity index (χ1) is 14.7. The Morgan fingerprint density at radius 1 is 1.13 bits per heavy atom. The molecule has 5 rings (SSSR count). The van der Waals surface area contributed by atoms with Gasteiger partial charge in [0.1, 0.15) is 5.78 Å². The smallest absolute Gasteiger partial charge is 0.136 e. The van der Waals surface area contributed by atoms with Gasteiger partial charge < -0.3 is 10.0 Å². The number of hydrogen-bond donors (Lipinski definition) is 1. The second-order valence-corrected chi connectivity index (χ2v) is 12.7. The van der Waals surface area contributed by atoms with Gasteiger partial charge in [-0.15, -0.1) is 0 Å². The van der Waals surface area contributed by atoms with Gasteiger partial charge in [0.15, 0.2) is 0 Å². The molecule has 1 aliphatic heterocycles. The summed E-state index contributed by atoms with van der Waals surface area (Å²) in [6.45, 7) is 11.0. The molecule has 0 aromatic rings. The molecule has 3 saturated carbocycles. The number of carbonyl (C=O) groups is 1. The van der Waals surface area contributed by atoms with Crippen LogP contribution in [0.15, 0.2) is 11.1 Å². The van der Waals surface area contributed by atoms with E-state index in [0.717, 1.165) is 43.1 Å². The highest BCUT2D eigenvalue weighted by molar-refractivity contribution is 5.83. The molecule has 5 unspecified atom stereocenters. The van der Waals surface area contributed by atoms with E-state index >= 15 is 0 Å². The first-order valence-electron chi connectivity index (χ1n) is 13.3. The Balaban J connectivity index is 1.40. The molecular weight excluding hydrogens is 382 g/mol. The third kappa shape index (κ3) is 3.48. The fourth-order valence-corrected chi connectivity index (χ4v) is 9.35. The van der Waals surface area contributed by atoms with Crippen LogP contribution in [0.1, 0.15) is 85.5 Å². The van der Waals surface area contributed by atoms with E-state index in [1.54, 1.807) is 11.1 Å². The van der Waals surface area contributed by atoms with E-state index in [2.05, 4.69) is 39.6 Å². The van der Waals surface area contributed by atoms with Gasteiger partial charge in [-0.05, 0) is 106 Å². The number of carbonyl (C=O) groups excluding carboxylic acids is 1. The standard InChI is InChI=1S/C28H45NO2/c1-16-6-9-26(29(5)15-16)18(3)20-7-8-21-22(17(20)2)13-24-23(21)14-27(31)25-12-19(30)10-11-28(24,25)4/h16,18-21,23-26,30H,6-15H2,1-5H3/t16?,18?,19-,20?,21+,23-,24-,25?,26?,28+/m0/s1. The minimum Gasteiger partial charge on any atom is -0.393 e. The number of Topliss-reactive ketones (excluding diaryl/α,β-unsaturated/α-hetero) is 1. The lowest BCUT2D eigenvalue weighted by Crippen LogP contribution is -2.51. The van der Waals surface area contributed by atoms with Gasteiger partial charge in [-0.1, -0.05) is 31.9 Å². The molecular formula is C28H45NO2. The van der Waals surface area contributed by atoms with E-state index < -0.39 is 0 Å². The number of nitrogens with zero attached hydrogens (tertiary/aromatic N) is 1. The van der Waals surface area contributed by atoms with E-state index in [1.807, 2.05) is 0 Å². The summed E-state index contributed by atoms with van der Waals surface area (Å²) >= 11 is 0. The highest BCUT2D eigenvalue weighted by Crippen LogP contribution is 2.64. The van der Waals surface area contributed by atoms with E-state index in [-0.39, 0.29) is 17.4 Å². The summed E-state index contributed by atoms with van der Waals surface area (Å²) in [5.74, 6) is 4.74. The lowest BCUT2D eigenvalue weighted by Gasteiger charge is -2.52. The van der Waals surface area contributed by atoms with Crippen LogP contribution in [0.4, 0.5) is 0 Å². The molecule has 5 aliphatic rings. The minimum atomic E-state index is -0.261. The Morgan fingerprint density at radius 2 is 1.90 bits per heavy atom. The van der Waals surface area contributed by atoms with Crippen molar-refractivity contribution in [1.82, 2.24) is 4.90 Å². The maximum absolute atomic E-state index is 13.2. The van der Waals surface area contributed by atoms with E-state index in [1.165, 1.54) is 38.6 Å². The Morgan fingerprint density at radius 3 is 2.65 bits per heavy atom. The summed E-state index contributed by atoms with van der Waals surface area (Å²) in [7, 11) is 2.35. The zero-order chi connectivity index (χ0) is 22.1. The highest BCUT2D eigenvalue weighted by Gasteiger charge is 2.59. The molecule has 1 N–H and O–H groups in total. The quantitative estimate of drug-likeness (QED) is 0.594. The lowest BCUT2D eigenvalue weighted by molar-refractivity contribution is -0.145. The summed E-state index contributed by atoms with van der Waals surface area (Å²) in [5, 5.41) is 10.3. The average molecular weight is 428 g/mol. The third-order valence-electron chi connectivity index (χ3n) is 11.1. The van der Waals surface area contributed by atoms with Gasteiger partial charge in [-0.2, -0.15) is 0 Å². The van der Waals surface area contributed by atoms with E-state index in [4.69, 9.17) is 0 Å². The maximum atomic E-state index is 13.2. The number of likely N-dealkylation sites (tertiary alicyclic amines) is 1. The van der Waals surface area contributed by atoms with Gasteiger partial charge >= 0.3 is 0 Å². The van der Waals surface area contributed by atoms with Crippen LogP contribution in [-0.4, -0.2) is 41.5 Å². The number of aliphatic hydroxyl groups excluding tert-OH is 1. The first-order valence-corrected chi connectivity index (χ1v) is 13.3. The van der Waals surface area contributed by atoms with Crippen molar-refractivity contribution in [1.29, 1.82) is 0 Å². The molecule has 10 atom stereocenters. The zero-order valence-corrected chi connectivity index (χ0v) is 20.6. The van der Waals surface area contributed by atoms with Crippen LogP contribution in [0.2, 0.25) is 0 Å². The molecule has 0 spiro atoms. The normalized spacial score (nSPS) is 49.4. The number of ketones is 1. The van der Waals surface area contributed by atoms with Crippen LogP contribution in [0.25, 0.3) is 0 Å². The Labute approximate surface area is 190 Å². The van der Waals surface area contributed by atoms with Crippen molar-refractivity contribution >= 4 is 5.78 Å². The molecule has 0 aromatic carbocycles. The molecule has 31 heavy (non-hydrogen) atoms. The van der Waals surface area contributed by atoms with Crippen LogP contribution in [0.5, 0.6) is 0 Å². The van der Waals surface area contributed by atoms with Crippen molar-refractivity contribution in [3.63, 3.8) is 0 Å². The Bertz CT molecular complexity index is 758.